The van der Waals surface area contributed by atoms with Crippen molar-refractivity contribution in [3.8, 4) is 0 Å². The zero-order chi connectivity index (χ0) is 22.5. The molecule has 2 aromatic rings. The van der Waals surface area contributed by atoms with Gasteiger partial charge in [0.05, 0.1) is 6.04 Å². The fourth-order valence-electron chi connectivity index (χ4n) is 4.44. The predicted octanol–water partition coefficient (Wildman–Crippen LogP) is 4.68. The number of amides is 3. The highest BCUT2D eigenvalue weighted by Gasteiger charge is 2.44. The molecule has 0 aromatic heterocycles. The lowest BCUT2D eigenvalue weighted by Crippen LogP contribution is -2.48. The van der Waals surface area contributed by atoms with Gasteiger partial charge in [0, 0.05) is 19.0 Å². The van der Waals surface area contributed by atoms with E-state index in [4.69, 9.17) is 9.47 Å². The third kappa shape index (κ3) is 4.77. The summed E-state index contributed by atoms with van der Waals surface area (Å²) in [6.07, 6.45) is 1.01. The van der Waals surface area contributed by atoms with Gasteiger partial charge in [-0.3, -0.25) is 4.79 Å². The van der Waals surface area contributed by atoms with Crippen LogP contribution in [0.4, 0.5) is 9.59 Å². The fourth-order valence-corrected chi connectivity index (χ4v) is 4.44. The van der Waals surface area contributed by atoms with Gasteiger partial charge in [-0.15, -0.1) is 0 Å². The number of imide groups is 1. The largest absolute Gasteiger partial charge is 0.445 e. The monoisotopic (exact) mass is 436 g/mol. The van der Waals surface area contributed by atoms with Crippen molar-refractivity contribution in [2.24, 2.45) is 0 Å². The van der Waals surface area contributed by atoms with Gasteiger partial charge in [0.1, 0.15) is 12.7 Å². The first-order valence-corrected chi connectivity index (χ1v) is 11.1. The topological polar surface area (TPSA) is 76.2 Å². The number of cyclic esters (lactones) is 1. The molecule has 2 heterocycles. The van der Waals surface area contributed by atoms with Gasteiger partial charge in [-0.25, -0.2) is 14.5 Å². The van der Waals surface area contributed by atoms with Gasteiger partial charge < -0.3 is 14.4 Å². The lowest BCUT2D eigenvalue weighted by molar-refractivity contribution is -0.130. The van der Waals surface area contributed by atoms with Gasteiger partial charge in [-0.1, -0.05) is 60.7 Å². The Hall–Kier alpha value is -3.35. The lowest BCUT2D eigenvalue weighted by atomic mass is 9.98. The fraction of sp³-hybridized carbons (Fsp3) is 0.400. The lowest BCUT2D eigenvalue weighted by Gasteiger charge is -2.35. The van der Waals surface area contributed by atoms with E-state index in [1.54, 1.807) is 4.90 Å². The SMILES string of the molecule is C[C@H]1[C@@H](c2ccccc2)OC(=O)N1C(=O)C[C@H]1CCCCN1C(=O)OCc1ccccc1. The maximum absolute atomic E-state index is 13.1. The van der Waals surface area contributed by atoms with Crippen LogP contribution < -0.4 is 0 Å². The first-order valence-electron chi connectivity index (χ1n) is 11.1. The standard InChI is InChI=1S/C25H28N2O5/c1-18-23(20-12-6-3-7-13-20)32-25(30)27(18)22(28)16-21-14-8-9-15-26(21)24(29)31-17-19-10-4-2-5-11-19/h2-7,10-13,18,21,23H,8-9,14-17H2,1H3/t18-,21+,23-/m0/s1. The van der Waals surface area contributed by atoms with Crippen LogP contribution in [0.25, 0.3) is 0 Å². The molecular weight excluding hydrogens is 408 g/mol. The quantitative estimate of drug-likeness (QED) is 0.680. The van der Waals surface area contributed by atoms with E-state index in [0.717, 1.165) is 24.0 Å². The van der Waals surface area contributed by atoms with E-state index < -0.39 is 24.3 Å². The Labute approximate surface area is 187 Å². The van der Waals surface area contributed by atoms with Crippen molar-refractivity contribution in [2.75, 3.05) is 6.54 Å². The maximum Gasteiger partial charge on any atom is 0.417 e. The summed E-state index contributed by atoms with van der Waals surface area (Å²) in [4.78, 5) is 41.2. The van der Waals surface area contributed by atoms with Gasteiger partial charge in [0.25, 0.3) is 0 Å². The number of piperidine rings is 1. The number of hydrogen-bond donors (Lipinski definition) is 0. The molecule has 0 radical (unpaired) electrons. The van der Waals surface area contributed by atoms with Gasteiger partial charge in [-0.2, -0.15) is 0 Å². The van der Waals surface area contributed by atoms with Gasteiger partial charge in [0.2, 0.25) is 5.91 Å². The summed E-state index contributed by atoms with van der Waals surface area (Å²) < 4.78 is 11.0. The molecule has 7 heteroatoms. The van der Waals surface area contributed by atoms with Crippen LogP contribution in [-0.4, -0.2) is 46.5 Å². The first-order chi connectivity index (χ1) is 15.5. The van der Waals surface area contributed by atoms with Crippen molar-refractivity contribution >= 4 is 18.1 Å². The van der Waals surface area contributed by atoms with E-state index in [2.05, 4.69) is 0 Å². The van der Waals surface area contributed by atoms with Crippen LogP contribution in [0.1, 0.15) is 49.8 Å². The normalized spacial score (nSPS) is 23.0. The zero-order valence-electron chi connectivity index (χ0n) is 18.2. The molecule has 7 nitrogen and oxygen atoms in total. The van der Waals surface area contributed by atoms with Crippen molar-refractivity contribution in [1.29, 1.82) is 0 Å². The summed E-state index contributed by atoms with van der Waals surface area (Å²) in [5, 5.41) is 0. The van der Waals surface area contributed by atoms with Crippen LogP contribution >= 0.6 is 0 Å². The Kier molecular flexibility index (Phi) is 6.73. The molecule has 2 aromatic carbocycles. The molecule has 32 heavy (non-hydrogen) atoms. The van der Waals surface area contributed by atoms with Crippen molar-refractivity contribution < 1.29 is 23.9 Å². The van der Waals surface area contributed by atoms with Gasteiger partial charge >= 0.3 is 12.2 Å². The van der Waals surface area contributed by atoms with Crippen LogP contribution in [0.3, 0.4) is 0 Å². The summed E-state index contributed by atoms with van der Waals surface area (Å²) in [5.74, 6) is -0.325. The van der Waals surface area contributed by atoms with Crippen LogP contribution in [0.15, 0.2) is 60.7 Å². The number of benzene rings is 2. The third-order valence-electron chi connectivity index (χ3n) is 6.14. The van der Waals surface area contributed by atoms with Crippen LogP contribution in [0.2, 0.25) is 0 Å². The molecule has 3 amide bonds. The summed E-state index contributed by atoms with van der Waals surface area (Å²) in [7, 11) is 0. The summed E-state index contributed by atoms with van der Waals surface area (Å²) in [6.45, 7) is 2.54. The smallest absolute Gasteiger partial charge is 0.417 e. The molecule has 0 saturated carbocycles. The molecule has 0 bridgehead atoms. The minimum absolute atomic E-state index is 0.0708. The highest BCUT2D eigenvalue weighted by molar-refractivity contribution is 5.94. The molecule has 2 aliphatic rings. The Morgan fingerprint density at radius 3 is 2.44 bits per heavy atom. The maximum atomic E-state index is 13.1. The number of likely N-dealkylation sites (tertiary alicyclic amines) is 1. The molecular formula is C25H28N2O5. The third-order valence-corrected chi connectivity index (χ3v) is 6.14. The molecule has 4 rings (SSSR count). The summed E-state index contributed by atoms with van der Waals surface area (Å²) >= 11 is 0. The Balaban J connectivity index is 1.39. The molecule has 0 aliphatic carbocycles. The number of hydrogen-bond acceptors (Lipinski definition) is 5. The number of ether oxygens (including phenoxy) is 2. The van der Waals surface area contributed by atoms with E-state index in [-0.39, 0.29) is 25.0 Å². The minimum atomic E-state index is -0.634. The molecule has 2 saturated heterocycles. The molecule has 0 spiro atoms. The van der Waals surface area contributed by atoms with E-state index in [9.17, 15) is 14.4 Å². The van der Waals surface area contributed by atoms with Crippen molar-refractivity contribution in [3.63, 3.8) is 0 Å². The summed E-state index contributed by atoms with van der Waals surface area (Å²) in [6, 6.07) is 18.2. The molecule has 2 aliphatic heterocycles. The van der Waals surface area contributed by atoms with Gasteiger partial charge in [0.15, 0.2) is 0 Å². The van der Waals surface area contributed by atoms with E-state index >= 15 is 0 Å². The highest BCUT2D eigenvalue weighted by Crippen LogP contribution is 2.33. The molecule has 3 atom stereocenters. The second-order valence-corrected chi connectivity index (χ2v) is 8.31. The molecule has 168 valence electrons. The van der Waals surface area contributed by atoms with Crippen molar-refractivity contribution in [3.05, 3.63) is 71.8 Å². The Bertz CT molecular complexity index is 949. The molecule has 2 fully saturated rings. The number of carbonyl (C=O) groups excluding carboxylic acids is 3. The average molecular weight is 437 g/mol. The number of nitrogens with zero attached hydrogens (tertiary/aromatic N) is 2. The average Bonchev–Trinajstić information content (AvgIpc) is 3.13. The van der Waals surface area contributed by atoms with Gasteiger partial charge in [-0.05, 0) is 37.3 Å². The second kappa shape index (κ2) is 9.85. The zero-order valence-corrected chi connectivity index (χ0v) is 18.2. The van der Waals surface area contributed by atoms with Crippen LogP contribution in [-0.2, 0) is 20.9 Å². The van der Waals surface area contributed by atoms with Crippen molar-refractivity contribution in [2.45, 2.75) is 57.4 Å². The van der Waals surface area contributed by atoms with E-state index in [1.165, 1.54) is 4.90 Å². The van der Waals surface area contributed by atoms with Crippen LogP contribution in [0.5, 0.6) is 0 Å². The number of rotatable bonds is 5. The number of carbonyl (C=O) groups is 3. The molecule has 0 unspecified atom stereocenters. The van der Waals surface area contributed by atoms with Crippen LogP contribution in [0, 0.1) is 0 Å². The molecule has 0 N–H and O–H groups in total. The first kappa shape index (κ1) is 21.9. The highest BCUT2D eigenvalue weighted by atomic mass is 16.6. The Morgan fingerprint density at radius 1 is 1.03 bits per heavy atom. The van der Waals surface area contributed by atoms with Crippen molar-refractivity contribution in [1.82, 2.24) is 9.80 Å². The second-order valence-electron chi connectivity index (χ2n) is 8.31. The Morgan fingerprint density at radius 2 is 1.72 bits per heavy atom. The minimum Gasteiger partial charge on any atom is -0.445 e. The van der Waals surface area contributed by atoms with E-state index in [0.29, 0.717) is 13.0 Å². The predicted molar refractivity (Wildman–Crippen MR) is 118 cm³/mol. The van der Waals surface area contributed by atoms with E-state index in [1.807, 2.05) is 67.6 Å². The summed E-state index contributed by atoms with van der Waals surface area (Å²) in [5.41, 5.74) is 1.76.